The maximum atomic E-state index is 10.4. The molecule has 2 aliphatic carbocycles. The fourth-order valence-corrected chi connectivity index (χ4v) is 3.14. The zero-order valence-electron chi connectivity index (χ0n) is 12.7. The Morgan fingerprint density at radius 1 is 1.05 bits per heavy atom. The molecule has 0 aromatic rings. The Balaban J connectivity index is 0.000000224. The van der Waals surface area contributed by atoms with Gasteiger partial charge in [-0.2, -0.15) is 5.26 Å². The van der Waals surface area contributed by atoms with Gasteiger partial charge in [-0.05, 0) is 31.1 Å². The van der Waals surface area contributed by atoms with E-state index in [0.29, 0.717) is 13.0 Å². The lowest BCUT2D eigenvalue weighted by atomic mass is 9.65. The zero-order valence-corrected chi connectivity index (χ0v) is 12.7. The predicted molar refractivity (Wildman–Crippen MR) is 78.8 cm³/mol. The summed E-state index contributed by atoms with van der Waals surface area (Å²) < 4.78 is 0. The molecule has 120 valence electrons. The SMILES string of the molecule is O=C(O)CC1(CC(=O)O)CCC1.[C-]#[N+]CC1(CC#N)CCC1. The molecule has 2 aliphatic rings. The van der Waals surface area contributed by atoms with E-state index in [2.05, 4.69) is 10.9 Å². The molecule has 2 rings (SSSR count). The number of hydrogen-bond acceptors (Lipinski definition) is 3. The van der Waals surface area contributed by atoms with Gasteiger partial charge >= 0.3 is 11.9 Å². The number of aliphatic carboxylic acids is 2. The molecule has 0 aliphatic heterocycles. The number of hydrogen-bond donors (Lipinski definition) is 2. The van der Waals surface area contributed by atoms with Crippen LogP contribution in [0.4, 0.5) is 0 Å². The average Bonchev–Trinajstić information content (AvgIpc) is 2.33. The quantitative estimate of drug-likeness (QED) is 0.734. The van der Waals surface area contributed by atoms with Crippen LogP contribution in [0.15, 0.2) is 0 Å². The molecular formula is C16H22N2O4. The largest absolute Gasteiger partial charge is 0.481 e. The Labute approximate surface area is 130 Å². The number of carboxylic acid groups (broad SMARTS) is 2. The Morgan fingerprint density at radius 3 is 1.73 bits per heavy atom. The smallest absolute Gasteiger partial charge is 0.303 e. The first-order valence-corrected chi connectivity index (χ1v) is 7.51. The maximum absolute atomic E-state index is 10.4. The molecule has 0 aromatic carbocycles. The molecule has 0 aromatic heterocycles. The Kier molecular flexibility index (Phi) is 6.37. The molecule has 0 heterocycles. The van der Waals surface area contributed by atoms with Crippen LogP contribution in [0, 0.1) is 28.7 Å². The van der Waals surface area contributed by atoms with Crippen LogP contribution in [0.25, 0.3) is 4.85 Å². The summed E-state index contributed by atoms with van der Waals surface area (Å²) in [6.45, 7) is 7.25. The van der Waals surface area contributed by atoms with Crippen LogP contribution >= 0.6 is 0 Å². The third-order valence-corrected chi connectivity index (χ3v) is 4.75. The Bertz CT molecular complexity index is 457. The monoisotopic (exact) mass is 306 g/mol. The summed E-state index contributed by atoms with van der Waals surface area (Å²) in [6, 6.07) is 2.15. The molecule has 22 heavy (non-hydrogen) atoms. The van der Waals surface area contributed by atoms with Crippen LogP contribution in [0.2, 0.25) is 0 Å². The van der Waals surface area contributed by atoms with Crippen molar-refractivity contribution in [2.75, 3.05) is 6.54 Å². The summed E-state index contributed by atoms with van der Waals surface area (Å²) in [6.07, 6.45) is 6.40. The van der Waals surface area contributed by atoms with Crippen molar-refractivity contribution in [3.8, 4) is 6.07 Å². The van der Waals surface area contributed by atoms with Gasteiger partial charge in [0.1, 0.15) is 0 Å². The topological polar surface area (TPSA) is 103 Å². The highest BCUT2D eigenvalue weighted by atomic mass is 16.4. The number of rotatable bonds is 6. The number of carboxylic acids is 2. The van der Waals surface area contributed by atoms with Crippen molar-refractivity contribution in [3.05, 3.63) is 11.4 Å². The van der Waals surface area contributed by atoms with Gasteiger partial charge in [-0.25, -0.2) is 6.57 Å². The van der Waals surface area contributed by atoms with Crippen LogP contribution in [0.1, 0.15) is 57.8 Å². The highest BCUT2D eigenvalue weighted by molar-refractivity contribution is 5.72. The van der Waals surface area contributed by atoms with Crippen molar-refractivity contribution in [1.82, 2.24) is 0 Å². The van der Waals surface area contributed by atoms with Crippen molar-refractivity contribution in [2.24, 2.45) is 10.8 Å². The second-order valence-electron chi connectivity index (χ2n) is 6.50. The molecule has 2 saturated carbocycles. The Morgan fingerprint density at radius 2 is 1.50 bits per heavy atom. The molecule has 0 atom stereocenters. The molecule has 0 bridgehead atoms. The van der Waals surface area contributed by atoms with Crippen LogP contribution in [0.3, 0.4) is 0 Å². The van der Waals surface area contributed by atoms with Crippen molar-refractivity contribution < 1.29 is 19.8 Å². The molecule has 0 radical (unpaired) electrons. The molecule has 2 N–H and O–H groups in total. The van der Waals surface area contributed by atoms with Gasteiger partial charge in [-0.1, -0.05) is 12.8 Å². The predicted octanol–water partition coefficient (Wildman–Crippen LogP) is 3.10. The standard InChI is InChI=1S/C8H10N2.C8H12O4/c1-10-7-8(5-6-9)3-2-4-8;9-6(10)4-8(2-1-3-8)5-7(11)12/h2-5,7H2;1-5H2,(H,9,10)(H,11,12). The zero-order chi connectivity index (χ0) is 16.6. The summed E-state index contributed by atoms with van der Waals surface area (Å²) in [5, 5.41) is 25.5. The highest BCUT2D eigenvalue weighted by Crippen LogP contribution is 2.46. The molecule has 6 heteroatoms. The molecule has 0 amide bonds. The average molecular weight is 306 g/mol. The number of nitriles is 1. The molecule has 6 nitrogen and oxygen atoms in total. The Hall–Kier alpha value is -2.08. The molecular weight excluding hydrogens is 284 g/mol. The van der Waals surface area contributed by atoms with E-state index < -0.39 is 17.4 Å². The van der Waals surface area contributed by atoms with E-state index in [9.17, 15) is 9.59 Å². The van der Waals surface area contributed by atoms with Gasteiger partial charge < -0.3 is 15.1 Å². The van der Waals surface area contributed by atoms with Crippen molar-refractivity contribution in [1.29, 1.82) is 5.26 Å². The minimum atomic E-state index is -0.893. The van der Waals surface area contributed by atoms with Crippen molar-refractivity contribution >= 4 is 11.9 Å². The lowest BCUT2D eigenvalue weighted by Crippen LogP contribution is -2.34. The van der Waals surface area contributed by atoms with Gasteiger partial charge in [-0.15, -0.1) is 0 Å². The summed E-state index contributed by atoms with van der Waals surface area (Å²) in [5.74, 6) is -1.79. The van der Waals surface area contributed by atoms with Crippen molar-refractivity contribution in [3.63, 3.8) is 0 Å². The second kappa shape index (κ2) is 7.79. The summed E-state index contributed by atoms with van der Waals surface area (Å²) in [7, 11) is 0. The van der Waals surface area contributed by atoms with Gasteiger partial charge in [0.25, 0.3) is 0 Å². The lowest BCUT2D eigenvalue weighted by molar-refractivity contribution is -0.146. The minimum absolute atomic E-state index is 0.000694. The summed E-state index contributed by atoms with van der Waals surface area (Å²) in [4.78, 5) is 24.1. The van der Waals surface area contributed by atoms with Gasteiger partial charge in [0, 0.05) is 6.42 Å². The van der Waals surface area contributed by atoms with Gasteiger partial charge in [0.05, 0.1) is 24.3 Å². The minimum Gasteiger partial charge on any atom is -0.481 e. The van der Waals surface area contributed by atoms with E-state index >= 15 is 0 Å². The first kappa shape index (κ1) is 18.0. The molecule has 0 spiro atoms. The van der Waals surface area contributed by atoms with Crippen LogP contribution in [0.5, 0.6) is 0 Å². The maximum Gasteiger partial charge on any atom is 0.303 e. The van der Waals surface area contributed by atoms with Gasteiger partial charge in [-0.3, -0.25) is 9.59 Å². The van der Waals surface area contributed by atoms with Crippen LogP contribution in [-0.2, 0) is 9.59 Å². The van der Waals surface area contributed by atoms with Crippen LogP contribution < -0.4 is 0 Å². The first-order chi connectivity index (χ1) is 10.4. The normalized spacial score (nSPS) is 19.9. The molecule has 0 unspecified atom stereocenters. The highest BCUT2D eigenvalue weighted by Gasteiger charge is 2.41. The third-order valence-electron chi connectivity index (χ3n) is 4.75. The van der Waals surface area contributed by atoms with Crippen molar-refractivity contribution in [2.45, 2.75) is 57.8 Å². The van der Waals surface area contributed by atoms with E-state index in [-0.39, 0.29) is 18.3 Å². The van der Waals surface area contributed by atoms with E-state index in [1.807, 2.05) is 0 Å². The summed E-state index contributed by atoms with van der Waals surface area (Å²) >= 11 is 0. The molecule has 0 saturated heterocycles. The van der Waals surface area contributed by atoms with E-state index in [1.54, 1.807) is 0 Å². The van der Waals surface area contributed by atoms with Gasteiger partial charge in [0.2, 0.25) is 6.54 Å². The fraction of sp³-hybridized carbons (Fsp3) is 0.750. The number of carbonyl (C=O) groups is 2. The second-order valence-corrected chi connectivity index (χ2v) is 6.50. The first-order valence-electron chi connectivity index (χ1n) is 7.51. The fourth-order valence-electron chi connectivity index (χ4n) is 3.14. The lowest BCUT2D eigenvalue weighted by Gasteiger charge is -2.39. The summed E-state index contributed by atoms with van der Waals surface area (Å²) in [5.41, 5.74) is -0.325. The molecule has 2 fully saturated rings. The van der Waals surface area contributed by atoms with E-state index in [1.165, 1.54) is 6.42 Å². The van der Waals surface area contributed by atoms with E-state index in [0.717, 1.165) is 32.1 Å². The van der Waals surface area contributed by atoms with Crippen LogP contribution in [-0.4, -0.2) is 28.7 Å². The van der Waals surface area contributed by atoms with E-state index in [4.69, 9.17) is 22.0 Å². The van der Waals surface area contributed by atoms with Gasteiger partial charge in [0.15, 0.2) is 0 Å². The number of nitrogens with zero attached hydrogens (tertiary/aromatic N) is 2. The third kappa shape index (κ3) is 5.04.